The number of hydrogen-bond donors (Lipinski definition) is 7. The second-order valence-electron chi connectivity index (χ2n) is 4.10. The fourth-order valence-corrected chi connectivity index (χ4v) is 2.89. The first-order valence-electron chi connectivity index (χ1n) is 5.35. The number of carboxylic acids is 1. The molecule has 0 saturated heterocycles. The maximum atomic E-state index is 11.9. The number of amides is 1. The normalized spacial score (nSPS) is 13.8. The Morgan fingerprint density at radius 3 is 1.76 bits per heavy atom. The monoisotopic (exact) mass is 350 g/mol. The molecule has 0 aliphatic rings. The van der Waals surface area contributed by atoms with Crippen molar-refractivity contribution in [3.8, 4) is 0 Å². The predicted molar refractivity (Wildman–Crippen MR) is 66.2 cm³/mol. The van der Waals surface area contributed by atoms with Crippen LogP contribution in [0, 0.1) is 0 Å². The van der Waals surface area contributed by atoms with E-state index in [4.69, 9.17) is 29.9 Å². The lowest BCUT2D eigenvalue weighted by molar-refractivity contribution is -0.138. The minimum absolute atomic E-state index is 0.178. The Labute approximate surface area is 118 Å². The number of rotatable bonds is 9. The Bertz CT molecular complexity index is 446. The van der Waals surface area contributed by atoms with Gasteiger partial charge in [0.1, 0.15) is 18.6 Å². The highest BCUT2D eigenvalue weighted by Crippen LogP contribution is 2.41. The number of carboxylic acid groups (broad SMARTS) is 1. The van der Waals surface area contributed by atoms with Crippen molar-refractivity contribution in [1.29, 1.82) is 0 Å². The summed E-state index contributed by atoms with van der Waals surface area (Å²) >= 11 is 0. The standard InChI is InChI=1S/C7H16N2O10P2/c10-6(11)2-1-5(8-13)7(12)9(3-20(14,15)16)4-21(17,18)19/h5,8,13H,1-4H2,(H,10,11)(H2,14,15,16)(H2,17,18,19)/t5-/m0/s1. The zero-order chi connectivity index (χ0) is 16.8. The molecule has 0 aromatic carbocycles. The van der Waals surface area contributed by atoms with Crippen molar-refractivity contribution in [3.05, 3.63) is 0 Å². The van der Waals surface area contributed by atoms with E-state index in [0.717, 1.165) is 0 Å². The highest BCUT2D eigenvalue weighted by Gasteiger charge is 2.33. The highest BCUT2D eigenvalue weighted by atomic mass is 31.2. The van der Waals surface area contributed by atoms with E-state index >= 15 is 0 Å². The van der Waals surface area contributed by atoms with Gasteiger partial charge in [-0.15, -0.1) is 0 Å². The molecule has 1 atom stereocenters. The molecule has 0 aromatic heterocycles. The van der Waals surface area contributed by atoms with Crippen LogP contribution < -0.4 is 5.48 Å². The predicted octanol–water partition coefficient (Wildman–Crippen LogP) is -1.70. The summed E-state index contributed by atoms with van der Waals surface area (Å²) in [6, 6.07) is -1.57. The van der Waals surface area contributed by atoms with Gasteiger partial charge in [0.25, 0.3) is 0 Å². The number of hydroxylamine groups is 1. The van der Waals surface area contributed by atoms with Crippen LogP contribution in [0.25, 0.3) is 0 Å². The van der Waals surface area contributed by atoms with Gasteiger partial charge in [-0.25, -0.2) is 0 Å². The number of aliphatic carboxylic acids is 1. The van der Waals surface area contributed by atoms with Gasteiger partial charge < -0.3 is 34.8 Å². The third kappa shape index (κ3) is 9.67. The Kier molecular flexibility index (Phi) is 7.65. The average molecular weight is 350 g/mol. The van der Waals surface area contributed by atoms with Crippen LogP contribution in [0.2, 0.25) is 0 Å². The molecule has 0 unspecified atom stereocenters. The molecule has 1 amide bonds. The van der Waals surface area contributed by atoms with Gasteiger partial charge in [-0.2, -0.15) is 5.48 Å². The van der Waals surface area contributed by atoms with Crippen molar-refractivity contribution < 1.29 is 48.6 Å². The smallest absolute Gasteiger partial charge is 0.344 e. The van der Waals surface area contributed by atoms with E-state index in [1.165, 1.54) is 5.48 Å². The lowest BCUT2D eigenvalue weighted by Gasteiger charge is -2.26. The van der Waals surface area contributed by atoms with Gasteiger partial charge in [-0.3, -0.25) is 18.7 Å². The molecule has 0 heterocycles. The van der Waals surface area contributed by atoms with Gasteiger partial charge in [0.2, 0.25) is 5.91 Å². The molecule has 14 heteroatoms. The molecule has 0 aliphatic heterocycles. The van der Waals surface area contributed by atoms with Gasteiger partial charge >= 0.3 is 21.2 Å². The van der Waals surface area contributed by atoms with E-state index in [0.29, 0.717) is 0 Å². The molecule has 0 saturated carbocycles. The van der Waals surface area contributed by atoms with Gasteiger partial charge in [-0.05, 0) is 6.42 Å². The Balaban J connectivity index is 5.10. The number of carbonyl (C=O) groups excluding carboxylic acids is 1. The van der Waals surface area contributed by atoms with Crippen molar-refractivity contribution in [2.24, 2.45) is 0 Å². The van der Waals surface area contributed by atoms with Gasteiger partial charge in [0.15, 0.2) is 0 Å². The minimum atomic E-state index is -4.81. The van der Waals surface area contributed by atoms with E-state index in [1.54, 1.807) is 0 Å². The van der Waals surface area contributed by atoms with Gasteiger partial charge in [0, 0.05) is 6.42 Å². The third-order valence-corrected chi connectivity index (χ3v) is 3.54. The van der Waals surface area contributed by atoms with Crippen LogP contribution in [-0.4, -0.2) is 65.3 Å². The van der Waals surface area contributed by atoms with Crippen LogP contribution >= 0.6 is 15.2 Å². The molecule has 0 aliphatic carbocycles. The van der Waals surface area contributed by atoms with Crippen LogP contribution in [0.1, 0.15) is 12.8 Å². The van der Waals surface area contributed by atoms with Crippen molar-refractivity contribution in [1.82, 2.24) is 10.4 Å². The van der Waals surface area contributed by atoms with E-state index in [9.17, 15) is 18.7 Å². The topological polar surface area (TPSA) is 205 Å². The molecular weight excluding hydrogens is 334 g/mol. The Hall–Kier alpha value is -0.840. The first-order valence-corrected chi connectivity index (χ1v) is 8.94. The summed E-state index contributed by atoms with van der Waals surface area (Å²) in [5.74, 6) is -2.54. The summed E-state index contributed by atoms with van der Waals surface area (Å²) in [5, 5.41) is 17.2. The maximum Gasteiger partial charge on any atom is 0.344 e. The van der Waals surface area contributed by atoms with Crippen LogP contribution in [0.4, 0.5) is 0 Å². The van der Waals surface area contributed by atoms with E-state index in [-0.39, 0.29) is 4.90 Å². The highest BCUT2D eigenvalue weighted by molar-refractivity contribution is 7.52. The molecule has 0 rings (SSSR count). The van der Waals surface area contributed by atoms with Crippen molar-refractivity contribution >= 4 is 27.1 Å². The summed E-state index contributed by atoms with van der Waals surface area (Å²) in [5.41, 5.74) is 1.45. The lowest BCUT2D eigenvalue weighted by Crippen LogP contribution is -2.46. The fraction of sp³-hybridized carbons (Fsp3) is 0.714. The minimum Gasteiger partial charge on any atom is -0.481 e. The molecule has 21 heavy (non-hydrogen) atoms. The van der Waals surface area contributed by atoms with E-state index in [1.807, 2.05) is 0 Å². The second kappa shape index (κ2) is 7.97. The Morgan fingerprint density at radius 1 is 1.05 bits per heavy atom. The summed E-state index contributed by atoms with van der Waals surface area (Å²) in [6.45, 7) is 0. The molecule has 0 radical (unpaired) electrons. The fourth-order valence-electron chi connectivity index (χ4n) is 1.36. The van der Waals surface area contributed by atoms with Crippen LogP contribution in [0.3, 0.4) is 0 Å². The molecule has 0 spiro atoms. The van der Waals surface area contributed by atoms with Crippen molar-refractivity contribution in [2.45, 2.75) is 18.9 Å². The molecule has 7 N–H and O–H groups in total. The SMILES string of the molecule is O=C(O)CC[C@H](NO)C(=O)N(CP(=O)(O)O)CP(=O)(O)O. The summed E-state index contributed by atoms with van der Waals surface area (Å²) < 4.78 is 21.8. The number of carbonyl (C=O) groups is 2. The van der Waals surface area contributed by atoms with E-state index < -0.39 is 58.5 Å². The van der Waals surface area contributed by atoms with Crippen molar-refractivity contribution in [2.75, 3.05) is 12.6 Å². The summed E-state index contributed by atoms with van der Waals surface area (Å²) in [6.07, 6.45) is -3.54. The second-order valence-corrected chi connectivity index (χ2v) is 7.33. The van der Waals surface area contributed by atoms with Crippen LogP contribution in [0.5, 0.6) is 0 Å². The molecule has 0 aromatic rings. The van der Waals surface area contributed by atoms with Crippen molar-refractivity contribution in [3.63, 3.8) is 0 Å². The first-order chi connectivity index (χ1) is 9.35. The number of nitrogens with one attached hydrogen (secondary N) is 1. The zero-order valence-electron chi connectivity index (χ0n) is 10.6. The molecule has 12 nitrogen and oxygen atoms in total. The van der Waals surface area contributed by atoms with Gasteiger partial charge in [0.05, 0.1) is 0 Å². The average Bonchev–Trinajstić information content (AvgIpc) is 2.24. The third-order valence-electron chi connectivity index (χ3n) is 2.12. The summed E-state index contributed by atoms with van der Waals surface area (Å²) in [4.78, 5) is 57.6. The maximum absolute atomic E-state index is 11.9. The van der Waals surface area contributed by atoms with Crippen LogP contribution in [-0.2, 0) is 18.7 Å². The zero-order valence-corrected chi connectivity index (χ0v) is 12.4. The largest absolute Gasteiger partial charge is 0.481 e. The van der Waals surface area contributed by atoms with Gasteiger partial charge in [-0.1, -0.05) is 0 Å². The molecule has 124 valence electrons. The number of nitrogens with zero attached hydrogens (tertiary/aromatic N) is 1. The molecule has 0 bridgehead atoms. The molecule has 0 fully saturated rings. The summed E-state index contributed by atoms with van der Waals surface area (Å²) in [7, 11) is -9.63. The lowest BCUT2D eigenvalue weighted by atomic mass is 10.1. The number of hydrogen-bond acceptors (Lipinski definition) is 6. The quantitative estimate of drug-likeness (QED) is 0.184. The Morgan fingerprint density at radius 2 is 1.48 bits per heavy atom. The molecular formula is C7H16N2O10P2. The van der Waals surface area contributed by atoms with Crippen LogP contribution in [0.15, 0.2) is 0 Å². The first kappa shape index (κ1) is 20.2. The van der Waals surface area contributed by atoms with E-state index in [2.05, 4.69) is 0 Å².